The quantitative estimate of drug-likeness (QED) is 0.211. The van der Waals surface area contributed by atoms with Crippen LogP contribution in [-0.4, -0.2) is 18.9 Å². The van der Waals surface area contributed by atoms with Gasteiger partial charge in [-0.25, -0.2) is 4.98 Å². The number of benzene rings is 6. The molecule has 4 heteroatoms. The van der Waals surface area contributed by atoms with Crippen LogP contribution in [0, 0.1) is 0 Å². The fourth-order valence-corrected chi connectivity index (χ4v) is 7.80. The molecule has 1 aliphatic carbocycles. The Hall–Kier alpha value is -5.74. The minimum atomic E-state index is 0.840. The molecule has 0 N–H and O–H groups in total. The van der Waals surface area contributed by atoms with E-state index < -0.39 is 0 Å². The third-order valence-corrected chi connectivity index (χ3v) is 9.41. The van der Waals surface area contributed by atoms with Crippen LogP contribution in [0.25, 0.3) is 99.0 Å². The molecule has 0 unspecified atom stereocenters. The van der Waals surface area contributed by atoms with Crippen molar-refractivity contribution in [3.8, 4) is 28.3 Å². The van der Waals surface area contributed by atoms with Crippen LogP contribution in [0.1, 0.15) is 0 Å². The highest BCUT2D eigenvalue weighted by Crippen LogP contribution is 2.48. The van der Waals surface area contributed by atoms with Gasteiger partial charge in [-0.3, -0.25) is 9.55 Å². The number of hydrogen-bond acceptors (Lipinski definition) is 2. The van der Waals surface area contributed by atoms with Gasteiger partial charge in [0.2, 0.25) is 0 Å². The summed E-state index contributed by atoms with van der Waals surface area (Å²) in [5.74, 6) is 0.840. The molecule has 0 bridgehead atoms. The van der Waals surface area contributed by atoms with Crippen LogP contribution in [0.2, 0.25) is 0 Å². The molecule has 0 spiro atoms. The second-order valence-corrected chi connectivity index (χ2v) is 11.4. The Kier molecular flexibility index (Phi) is 3.57. The molecule has 0 fully saturated rings. The first-order chi connectivity index (χ1) is 20.9. The molecule has 0 aliphatic heterocycles. The third kappa shape index (κ3) is 2.30. The van der Waals surface area contributed by atoms with Gasteiger partial charge in [0.1, 0.15) is 0 Å². The molecule has 4 aromatic heterocycles. The maximum Gasteiger partial charge on any atom is 0.156 e. The van der Waals surface area contributed by atoms with Gasteiger partial charge in [0.25, 0.3) is 0 Å². The highest BCUT2D eigenvalue weighted by Gasteiger charge is 2.27. The van der Waals surface area contributed by atoms with Gasteiger partial charge >= 0.3 is 0 Å². The molecule has 10 aromatic rings. The van der Waals surface area contributed by atoms with E-state index in [4.69, 9.17) is 9.97 Å². The monoisotopic (exact) mass is 532 g/mol. The molecule has 42 heavy (non-hydrogen) atoms. The minimum absolute atomic E-state index is 0.840. The van der Waals surface area contributed by atoms with E-state index in [2.05, 4.69) is 124 Å². The number of fused-ring (bicyclic) bond motifs is 13. The van der Waals surface area contributed by atoms with Crippen LogP contribution < -0.4 is 0 Å². The zero-order valence-electron chi connectivity index (χ0n) is 22.3. The number of para-hydroxylation sites is 3. The lowest BCUT2D eigenvalue weighted by Crippen LogP contribution is -2.01. The lowest BCUT2D eigenvalue weighted by Gasteiger charge is -2.10. The minimum Gasteiger partial charge on any atom is -0.308 e. The van der Waals surface area contributed by atoms with Crippen molar-refractivity contribution in [1.82, 2.24) is 18.9 Å². The van der Waals surface area contributed by atoms with Gasteiger partial charge in [-0.15, -0.1) is 0 Å². The maximum atomic E-state index is 5.40. The van der Waals surface area contributed by atoms with Crippen molar-refractivity contribution in [1.29, 1.82) is 0 Å². The Morgan fingerprint density at radius 3 is 1.88 bits per heavy atom. The van der Waals surface area contributed by atoms with Gasteiger partial charge in [0.15, 0.2) is 5.82 Å². The molecule has 0 atom stereocenters. The van der Waals surface area contributed by atoms with Crippen LogP contribution in [0.15, 0.2) is 121 Å². The van der Waals surface area contributed by atoms with Crippen molar-refractivity contribution in [3.63, 3.8) is 0 Å². The molecule has 4 nitrogen and oxygen atoms in total. The molecular formula is C38H20N4. The van der Waals surface area contributed by atoms with Gasteiger partial charge < -0.3 is 4.40 Å². The predicted octanol–water partition coefficient (Wildman–Crippen LogP) is 9.52. The Balaban J connectivity index is 1.35. The van der Waals surface area contributed by atoms with Gasteiger partial charge in [-0.2, -0.15) is 0 Å². The summed E-state index contributed by atoms with van der Waals surface area (Å²) in [6.07, 6.45) is 1.96. The molecule has 1 aliphatic rings. The Morgan fingerprint density at radius 1 is 0.476 bits per heavy atom. The summed E-state index contributed by atoms with van der Waals surface area (Å²) in [5.41, 5.74) is 10.3. The zero-order chi connectivity index (χ0) is 27.1. The van der Waals surface area contributed by atoms with Gasteiger partial charge in [-0.1, -0.05) is 91.0 Å². The average Bonchev–Trinajstić information content (AvgIpc) is 3.76. The fraction of sp³-hybridized carbons (Fsp3) is 0. The smallest absolute Gasteiger partial charge is 0.156 e. The van der Waals surface area contributed by atoms with E-state index in [-0.39, 0.29) is 0 Å². The standard InChI is InChI=1S/C38H20N4/c1-4-16-29-22(11-1)27-19-28-23-12-2-5-17-30(23)42(38(28)34-24-13-3-6-18-31(24)41(29)37(27)34)32-20-39-35-25-14-7-9-21-10-8-15-26(33(21)25)36(35)40-32/h1-20H. The maximum absolute atomic E-state index is 5.40. The van der Waals surface area contributed by atoms with Crippen LogP contribution in [0.3, 0.4) is 0 Å². The molecule has 11 rings (SSSR count). The summed E-state index contributed by atoms with van der Waals surface area (Å²) in [6.45, 7) is 0. The van der Waals surface area contributed by atoms with Crippen molar-refractivity contribution in [3.05, 3.63) is 121 Å². The Labute approximate surface area is 239 Å². The van der Waals surface area contributed by atoms with Crippen molar-refractivity contribution in [2.75, 3.05) is 0 Å². The van der Waals surface area contributed by atoms with E-state index in [1.165, 1.54) is 65.2 Å². The van der Waals surface area contributed by atoms with E-state index in [0.29, 0.717) is 0 Å². The van der Waals surface area contributed by atoms with Crippen LogP contribution in [-0.2, 0) is 0 Å². The lowest BCUT2D eigenvalue weighted by molar-refractivity contribution is 1.06. The molecule has 4 heterocycles. The molecule has 0 saturated carbocycles. The fourth-order valence-electron chi connectivity index (χ4n) is 7.80. The first kappa shape index (κ1) is 21.1. The van der Waals surface area contributed by atoms with E-state index in [1.54, 1.807) is 0 Å². The Bertz CT molecular complexity index is 2790. The summed E-state index contributed by atoms with van der Waals surface area (Å²) in [6, 6.07) is 41.6. The molecular weight excluding hydrogens is 512 g/mol. The van der Waals surface area contributed by atoms with Crippen molar-refractivity contribution in [2.45, 2.75) is 0 Å². The van der Waals surface area contributed by atoms with E-state index >= 15 is 0 Å². The largest absolute Gasteiger partial charge is 0.308 e. The van der Waals surface area contributed by atoms with Gasteiger partial charge in [0.05, 0.1) is 45.2 Å². The molecule has 0 saturated heterocycles. The SMILES string of the molecule is c1cc2c3c(cccc3c1)-c1nc(-n3c4ccccc4c4cc5c6ccccc6n6c7ccccc7c(c43)c56)cnc1-2. The molecule has 0 radical (unpaired) electrons. The summed E-state index contributed by atoms with van der Waals surface area (Å²) >= 11 is 0. The number of rotatable bonds is 1. The van der Waals surface area contributed by atoms with Crippen LogP contribution in [0.5, 0.6) is 0 Å². The summed E-state index contributed by atoms with van der Waals surface area (Å²) < 4.78 is 4.79. The Morgan fingerprint density at radius 2 is 1.10 bits per heavy atom. The van der Waals surface area contributed by atoms with Crippen LogP contribution in [0.4, 0.5) is 0 Å². The average molecular weight is 533 g/mol. The second-order valence-electron chi connectivity index (χ2n) is 11.4. The molecule has 192 valence electrons. The van der Waals surface area contributed by atoms with Crippen molar-refractivity contribution >= 4 is 70.7 Å². The number of hydrogen-bond donors (Lipinski definition) is 0. The molecule has 0 amide bonds. The van der Waals surface area contributed by atoms with E-state index in [0.717, 1.165) is 33.8 Å². The zero-order valence-corrected chi connectivity index (χ0v) is 22.3. The lowest BCUT2D eigenvalue weighted by atomic mass is 10.0. The first-order valence-corrected chi connectivity index (χ1v) is 14.4. The summed E-state index contributed by atoms with van der Waals surface area (Å²) in [7, 11) is 0. The van der Waals surface area contributed by atoms with Gasteiger partial charge in [-0.05, 0) is 29.7 Å². The number of aromatic nitrogens is 4. The summed E-state index contributed by atoms with van der Waals surface area (Å²) in [4.78, 5) is 10.5. The van der Waals surface area contributed by atoms with E-state index in [9.17, 15) is 0 Å². The first-order valence-electron chi connectivity index (χ1n) is 14.4. The third-order valence-electron chi connectivity index (χ3n) is 9.41. The predicted molar refractivity (Wildman–Crippen MR) is 173 cm³/mol. The van der Waals surface area contributed by atoms with Crippen molar-refractivity contribution in [2.24, 2.45) is 0 Å². The molecule has 6 aromatic carbocycles. The summed E-state index contributed by atoms with van der Waals surface area (Å²) in [5, 5.41) is 10.0. The van der Waals surface area contributed by atoms with E-state index in [1.807, 2.05) is 6.20 Å². The normalized spacial score (nSPS) is 12.8. The highest BCUT2D eigenvalue weighted by molar-refractivity contribution is 6.34. The van der Waals surface area contributed by atoms with Gasteiger partial charge in [0, 0.05) is 48.8 Å². The number of nitrogens with zero attached hydrogens (tertiary/aromatic N) is 4. The highest BCUT2D eigenvalue weighted by atomic mass is 15.1. The topological polar surface area (TPSA) is 35.1 Å². The van der Waals surface area contributed by atoms with Crippen molar-refractivity contribution < 1.29 is 0 Å². The van der Waals surface area contributed by atoms with Crippen LogP contribution >= 0.6 is 0 Å². The second kappa shape index (κ2) is 7.12.